The summed E-state index contributed by atoms with van der Waals surface area (Å²) in [5.74, 6) is 0. The molecule has 1 N–H and O–H groups in total. The lowest BCUT2D eigenvalue weighted by Gasteiger charge is -2.29. The van der Waals surface area contributed by atoms with Gasteiger partial charge in [-0.1, -0.05) is 41.6 Å². The molecule has 0 saturated heterocycles. The van der Waals surface area contributed by atoms with Crippen molar-refractivity contribution in [2.24, 2.45) is 0 Å². The quantitative estimate of drug-likeness (QED) is 0.547. The lowest BCUT2D eigenvalue weighted by atomic mass is 9.93. The van der Waals surface area contributed by atoms with Crippen LogP contribution in [0.2, 0.25) is 25.7 Å². The SMILES string of the molecule is C=CC[C@](C)(NC(=O)OCC[Si](C)(C)C)c1cc(Br)ccn1. The van der Waals surface area contributed by atoms with Gasteiger partial charge >= 0.3 is 6.09 Å². The Bertz CT molecular complexity index is 531. The second-order valence-corrected chi connectivity index (χ2v) is 13.3. The highest BCUT2D eigenvalue weighted by Crippen LogP contribution is 2.25. The Kier molecular flexibility index (Phi) is 6.81. The van der Waals surface area contributed by atoms with Crippen LogP contribution in [0.3, 0.4) is 0 Å². The average Bonchev–Trinajstić information content (AvgIpc) is 2.37. The number of pyridine rings is 1. The number of halogens is 1. The number of hydrogen-bond acceptors (Lipinski definition) is 3. The molecular weight excluding hydrogens is 360 g/mol. The van der Waals surface area contributed by atoms with E-state index in [1.54, 1.807) is 12.3 Å². The number of rotatable bonds is 7. The zero-order chi connectivity index (χ0) is 16.8. The van der Waals surface area contributed by atoms with Gasteiger partial charge in [-0.15, -0.1) is 6.58 Å². The molecule has 22 heavy (non-hydrogen) atoms. The van der Waals surface area contributed by atoms with E-state index >= 15 is 0 Å². The van der Waals surface area contributed by atoms with Crippen LogP contribution in [0.5, 0.6) is 0 Å². The Morgan fingerprint density at radius 1 is 1.55 bits per heavy atom. The van der Waals surface area contributed by atoms with Crippen molar-refractivity contribution in [1.82, 2.24) is 10.3 Å². The molecule has 0 aromatic carbocycles. The van der Waals surface area contributed by atoms with E-state index in [2.05, 4.69) is 52.5 Å². The lowest BCUT2D eigenvalue weighted by molar-refractivity contribution is 0.138. The van der Waals surface area contributed by atoms with Crippen molar-refractivity contribution in [3.8, 4) is 0 Å². The van der Waals surface area contributed by atoms with Crippen LogP contribution < -0.4 is 5.32 Å². The van der Waals surface area contributed by atoms with Crippen molar-refractivity contribution in [3.05, 3.63) is 41.2 Å². The third-order valence-corrected chi connectivity index (χ3v) is 5.50. The molecule has 0 saturated carbocycles. The first-order valence-electron chi connectivity index (χ1n) is 7.34. The number of hydrogen-bond donors (Lipinski definition) is 1. The molecule has 122 valence electrons. The summed E-state index contributed by atoms with van der Waals surface area (Å²) in [4.78, 5) is 16.4. The van der Waals surface area contributed by atoms with Gasteiger partial charge in [0.15, 0.2) is 0 Å². The summed E-state index contributed by atoms with van der Waals surface area (Å²) in [6.07, 6.45) is 3.63. The molecule has 1 atom stereocenters. The van der Waals surface area contributed by atoms with Crippen molar-refractivity contribution in [2.75, 3.05) is 6.61 Å². The van der Waals surface area contributed by atoms with Gasteiger partial charge in [-0.25, -0.2) is 4.79 Å². The highest BCUT2D eigenvalue weighted by atomic mass is 79.9. The number of ether oxygens (including phenoxy) is 1. The fourth-order valence-electron chi connectivity index (χ4n) is 1.93. The standard InChI is InChI=1S/C16H25BrN2O2Si/c1-6-8-16(2,14-12-13(17)7-9-18-14)19-15(20)21-10-11-22(3,4)5/h6-7,9,12H,1,8,10-11H2,2-5H3,(H,19,20)/t16-/m0/s1. The largest absolute Gasteiger partial charge is 0.450 e. The first-order valence-corrected chi connectivity index (χ1v) is 11.8. The van der Waals surface area contributed by atoms with Gasteiger partial charge in [0.05, 0.1) is 17.8 Å². The van der Waals surface area contributed by atoms with Gasteiger partial charge in [-0.05, 0) is 31.5 Å². The molecular formula is C16H25BrN2O2Si. The zero-order valence-electron chi connectivity index (χ0n) is 13.8. The zero-order valence-corrected chi connectivity index (χ0v) is 16.4. The maximum atomic E-state index is 12.1. The summed E-state index contributed by atoms with van der Waals surface area (Å²) in [5.41, 5.74) is 0.130. The molecule has 0 fully saturated rings. The Balaban J connectivity index is 2.75. The summed E-state index contributed by atoms with van der Waals surface area (Å²) in [6, 6.07) is 4.70. The molecule has 0 aliphatic heterocycles. The van der Waals surface area contributed by atoms with E-state index in [4.69, 9.17) is 4.74 Å². The molecule has 0 unspecified atom stereocenters. The molecule has 0 radical (unpaired) electrons. The number of aromatic nitrogens is 1. The Morgan fingerprint density at radius 3 is 2.77 bits per heavy atom. The molecule has 0 aliphatic rings. The van der Waals surface area contributed by atoms with Crippen LogP contribution in [-0.2, 0) is 10.3 Å². The van der Waals surface area contributed by atoms with Gasteiger partial charge in [0.25, 0.3) is 0 Å². The van der Waals surface area contributed by atoms with E-state index in [9.17, 15) is 4.79 Å². The number of carbonyl (C=O) groups excluding carboxylic acids is 1. The summed E-state index contributed by atoms with van der Waals surface area (Å²) >= 11 is 3.43. The maximum Gasteiger partial charge on any atom is 0.407 e. The van der Waals surface area contributed by atoms with E-state index in [1.807, 2.05) is 19.1 Å². The predicted octanol–water partition coefficient (Wildman–Crippen LogP) is 4.70. The molecule has 0 aliphatic carbocycles. The maximum absolute atomic E-state index is 12.1. The van der Waals surface area contributed by atoms with Gasteiger partial charge in [-0.3, -0.25) is 4.98 Å². The lowest BCUT2D eigenvalue weighted by Crippen LogP contribution is -2.44. The monoisotopic (exact) mass is 384 g/mol. The average molecular weight is 385 g/mol. The van der Waals surface area contributed by atoms with Gasteiger partial charge < -0.3 is 10.1 Å². The van der Waals surface area contributed by atoms with Gasteiger partial charge in [-0.2, -0.15) is 0 Å². The summed E-state index contributed by atoms with van der Waals surface area (Å²) in [6.45, 7) is 12.9. The highest BCUT2D eigenvalue weighted by molar-refractivity contribution is 9.10. The third-order valence-electron chi connectivity index (χ3n) is 3.30. The van der Waals surface area contributed by atoms with Crippen LogP contribution in [-0.4, -0.2) is 25.8 Å². The molecule has 1 rings (SSSR count). The van der Waals surface area contributed by atoms with E-state index in [-0.39, 0.29) is 0 Å². The van der Waals surface area contributed by atoms with Crippen LogP contribution in [0, 0.1) is 0 Å². The fourth-order valence-corrected chi connectivity index (χ4v) is 2.98. The Morgan fingerprint density at radius 2 is 2.23 bits per heavy atom. The van der Waals surface area contributed by atoms with Crippen molar-refractivity contribution < 1.29 is 9.53 Å². The number of amides is 1. The molecule has 1 aromatic rings. The van der Waals surface area contributed by atoms with Crippen molar-refractivity contribution in [1.29, 1.82) is 0 Å². The van der Waals surface area contributed by atoms with Crippen LogP contribution >= 0.6 is 15.9 Å². The summed E-state index contributed by atoms with van der Waals surface area (Å²) < 4.78 is 6.24. The van der Waals surface area contributed by atoms with E-state index in [0.29, 0.717) is 13.0 Å². The molecule has 1 amide bonds. The van der Waals surface area contributed by atoms with Crippen molar-refractivity contribution in [3.63, 3.8) is 0 Å². The van der Waals surface area contributed by atoms with Crippen LogP contribution in [0.15, 0.2) is 35.5 Å². The molecule has 0 spiro atoms. The molecule has 6 heteroatoms. The van der Waals surface area contributed by atoms with Gasteiger partial charge in [0.1, 0.15) is 0 Å². The Labute approximate surface area is 142 Å². The number of carbonyl (C=O) groups is 1. The normalized spacial score (nSPS) is 14.0. The first-order chi connectivity index (χ1) is 10.2. The summed E-state index contributed by atoms with van der Waals surface area (Å²) in [7, 11) is -1.21. The number of alkyl carbamates (subject to hydrolysis) is 1. The van der Waals surface area contributed by atoms with Gasteiger partial charge in [0.2, 0.25) is 0 Å². The third kappa shape index (κ3) is 6.32. The minimum atomic E-state index is -1.21. The van der Waals surface area contributed by atoms with Crippen LogP contribution in [0.1, 0.15) is 19.0 Å². The highest BCUT2D eigenvalue weighted by Gasteiger charge is 2.29. The first kappa shape index (κ1) is 18.9. The van der Waals surface area contributed by atoms with Crippen molar-refractivity contribution in [2.45, 2.75) is 44.6 Å². The second kappa shape index (κ2) is 7.92. The van der Waals surface area contributed by atoms with Crippen molar-refractivity contribution >= 4 is 30.1 Å². The minimum absolute atomic E-state index is 0.413. The summed E-state index contributed by atoms with van der Waals surface area (Å²) in [5, 5.41) is 2.92. The topological polar surface area (TPSA) is 51.2 Å². The molecule has 1 aromatic heterocycles. The van der Waals surface area contributed by atoms with E-state index in [0.717, 1.165) is 16.2 Å². The smallest absolute Gasteiger partial charge is 0.407 e. The van der Waals surface area contributed by atoms with E-state index < -0.39 is 19.7 Å². The number of nitrogens with one attached hydrogen (secondary N) is 1. The van der Waals surface area contributed by atoms with Crippen LogP contribution in [0.25, 0.3) is 0 Å². The fraction of sp³-hybridized carbons (Fsp3) is 0.500. The van der Waals surface area contributed by atoms with Gasteiger partial charge in [0, 0.05) is 18.7 Å². The number of nitrogens with zero attached hydrogens (tertiary/aromatic N) is 1. The second-order valence-electron chi connectivity index (χ2n) is 6.76. The molecule has 1 heterocycles. The van der Waals surface area contributed by atoms with Crippen LogP contribution in [0.4, 0.5) is 4.79 Å². The Hall–Kier alpha value is -1.14. The molecule has 4 nitrogen and oxygen atoms in total. The predicted molar refractivity (Wildman–Crippen MR) is 96.7 cm³/mol. The minimum Gasteiger partial charge on any atom is -0.450 e. The molecule has 0 bridgehead atoms. The van der Waals surface area contributed by atoms with E-state index in [1.165, 1.54) is 0 Å².